The van der Waals surface area contributed by atoms with E-state index in [1.54, 1.807) is 14.2 Å². The molecule has 1 aliphatic rings. The first kappa shape index (κ1) is 22.5. The number of benzene rings is 2. The van der Waals surface area contributed by atoms with Crippen LogP contribution in [0.2, 0.25) is 0 Å². The average molecular weight is 425 g/mol. The summed E-state index contributed by atoms with van der Waals surface area (Å²) in [5.41, 5.74) is 3.37. The number of methoxy groups -OCH3 is 2. The number of carbonyl (C=O) groups excluding carboxylic acids is 1. The van der Waals surface area contributed by atoms with Crippen molar-refractivity contribution in [3.05, 3.63) is 53.6 Å². The zero-order valence-corrected chi connectivity index (χ0v) is 18.9. The molecule has 0 fully saturated rings. The van der Waals surface area contributed by atoms with Gasteiger partial charge in [-0.25, -0.2) is 4.99 Å². The summed E-state index contributed by atoms with van der Waals surface area (Å²) in [5.74, 6) is 2.19. The highest BCUT2D eigenvalue weighted by molar-refractivity contribution is 5.98. The van der Waals surface area contributed by atoms with Crippen LogP contribution >= 0.6 is 0 Å². The van der Waals surface area contributed by atoms with Gasteiger partial charge in [0.15, 0.2) is 17.5 Å². The SMILES string of the molecule is CCNC(=NCC(=O)N1CCc2ccccc21)N(C)CCc1ccc(OC)c(OC)c1. The number of amides is 1. The number of hydrogen-bond acceptors (Lipinski definition) is 4. The molecule has 0 unspecified atom stereocenters. The van der Waals surface area contributed by atoms with E-state index in [0.29, 0.717) is 0 Å². The smallest absolute Gasteiger partial charge is 0.248 e. The Morgan fingerprint density at radius 1 is 1.16 bits per heavy atom. The van der Waals surface area contributed by atoms with Gasteiger partial charge < -0.3 is 24.6 Å². The number of para-hydroxylation sites is 1. The minimum atomic E-state index is 0.0219. The van der Waals surface area contributed by atoms with E-state index >= 15 is 0 Å². The second kappa shape index (κ2) is 10.7. The van der Waals surface area contributed by atoms with E-state index in [1.807, 2.05) is 60.2 Å². The van der Waals surface area contributed by atoms with Crippen LogP contribution in [0.25, 0.3) is 0 Å². The summed E-state index contributed by atoms with van der Waals surface area (Å²) in [6.45, 7) is 4.36. The maximum atomic E-state index is 12.8. The van der Waals surface area contributed by atoms with Gasteiger partial charge >= 0.3 is 0 Å². The number of ether oxygens (including phenoxy) is 2. The van der Waals surface area contributed by atoms with Crippen LogP contribution in [-0.2, 0) is 17.6 Å². The molecule has 7 nitrogen and oxygen atoms in total. The molecule has 0 aromatic heterocycles. The number of aliphatic imine (C=N–C) groups is 1. The first-order valence-corrected chi connectivity index (χ1v) is 10.7. The van der Waals surface area contributed by atoms with Crippen LogP contribution in [0.3, 0.4) is 0 Å². The van der Waals surface area contributed by atoms with E-state index in [9.17, 15) is 4.79 Å². The number of anilines is 1. The van der Waals surface area contributed by atoms with E-state index in [4.69, 9.17) is 9.47 Å². The van der Waals surface area contributed by atoms with Crippen LogP contribution < -0.4 is 19.7 Å². The number of hydrogen-bond donors (Lipinski definition) is 1. The molecule has 7 heteroatoms. The van der Waals surface area contributed by atoms with Gasteiger partial charge in [-0.15, -0.1) is 0 Å². The number of guanidine groups is 1. The van der Waals surface area contributed by atoms with Gasteiger partial charge in [-0.3, -0.25) is 4.79 Å². The fourth-order valence-corrected chi connectivity index (χ4v) is 3.73. The lowest BCUT2D eigenvalue weighted by Crippen LogP contribution is -2.41. The number of nitrogens with one attached hydrogen (secondary N) is 1. The molecule has 0 saturated carbocycles. The third-order valence-corrected chi connectivity index (χ3v) is 5.43. The molecule has 0 bridgehead atoms. The van der Waals surface area contributed by atoms with Crippen LogP contribution in [-0.4, -0.2) is 64.2 Å². The van der Waals surface area contributed by atoms with Crippen molar-refractivity contribution in [2.75, 3.05) is 52.3 Å². The van der Waals surface area contributed by atoms with Gasteiger partial charge in [0, 0.05) is 32.4 Å². The van der Waals surface area contributed by atoms with Crippen molar-refractivity contribution in [1.82, 2.24) is 10.2 Å². The largest absolute Gasteiger partial charge is 0.493 e. The topological polar surface area (TPSA) is 66.4 Å². The van der Waals surface area contributed by atoms with Crippen molar-refractivity contribution >= 4 is 17.6 Å². The Kier molecular flexibility index (Phi) is 7.76. The third-order valence-electron chi connectivity index (χ3n) is 5.43. The molecule has 166 valence electrons. The highest BCUT2D eigenvalue weighted by atomic mass is 16.5. The number of likely N-dealkylation sites (N-methyl/N-ethyl adjacent to an activating group) is 1. The minimum absolute atomic E-state index is 0.0219. The van der Waals surface area contributed by atoms with Gasteiger partial charge in [0.05, 0.1) is 14.2 Å². The van der Waals surface area contributed by atoms with Crippen molar-refractivity contribution in [1.29, 1.82) is 0 Å². The molecule has 0 saturated heterocycles. The van der Waals surface area contributed by atoms with Gasteiger partial charge in [-0.1, -0.05) is 24.3 Å². The predicted octanol–water partition coefficient (Wildman–Crippen LogP) is 2.73. The fourth-order valence-electron chi connectivity index (χ4n) is 3.73. The number of nitrogens with zero attached hydrogens (tertiary/aromatic N) is 3. The maximum Gasteiger partial charge on any atom is 0.248 e. The van der Waals surface area contributed by atoms with Gasteiger partial charge in [0.2, 0.25) is 5.91 Å². The fraction of sp³-hybridized carbons (Fsp3) is 0.417. The highest BCUT2D eigenvalue weighted by Gasteiger charge is 2.23. The Labute approximate surface area is 184 Å². The lowest BCUT2D eigenvalue weighted by atomic mass is 10.1. The van der Waals surface area contributed by atoms with Crippen LogP contribution in [0, 0.1) is 0 Å². The maximum absolute atomic E-state index is 12.8. The standard InChI is InChI=1S/C24H32N4O3/c1-5-25-24(26-17-23(29)28-15-13-19-8-6-7-9-20(19)28)27(2)14-12-18-10-11-21(30-3)22(16-18)31-4/h6-11,16H,5,12-15,17H2,1-4H3,(H,25,26). The van der Waals surface area contributed by atoms with Crippen molar-refractivity contribution < 1.29 is 14.3 Å². The van der Waals surface area contributed by atoms with E-state index in [0.717, 1.165) is 61.2 Å². The van der Waals surface area contributed by atoms with Gasteiger partial charge in [0.1, 0.15) is 6.54 Å². The summed E-state index contributed by atoms with van der Waals surface area (Å²) >= 11 is 0. The quantitative estimate of drug-likeness (QED) is 0.521. The Morgan fingerprint density at radius 3 is 2.68 bits per heavy atom. The molecule has 0 spiro atoms. The molecule has 31 heavy (non-hydrogen) atoms. The number of carbonyl (C=O) groups is 1. The molecule has 3 rings (SSSR count). The summed E-state index contributed by atoms with van der Waals surface area (Å²) in [6, 6.07) is 14.0. The van der Waals surface area contributed by atoms with Crippen LogP contribution in [0.15, 0.2) is 47.5 Å². The van der Waals surface area contributed by atoms with Crippen LogP contribution in [0.5, 0.6) is 11.5 Å². The Hall–Kier alpha value is -3.22. The molecule has 2 aromatic rings. The molecule has 1 N–H and O–H groups in total. The monoisotopic (exact) mass is 424 g/mol. The van der Waals surface area contributed by atoms with E-state index < -0.39 is 0 Å². The van der Waals surface area contributed by atoms with E-state index in [2.05, 4.69) is 16.4 Å². The summed E-state index contributed by atoms with van der Waals surface area (Å²) in [4.78, 5) is 21.3. The van der Waals surface area contributed by atoms with Gasteiger partial charge in [-0.2, -0.15) is 0 Å². The second-order valence-electron chi connectivity index (χ2n) is 7.46. The van der Waals surface area contributed by atoms with E-state index in [1.165, 1.54) is 5.56 Å². The Balaban J connectivity index is 1.61. The Morgan fingerprint density at radius 2 is 1.94 bits per heavy atom. The first-order chi connectivity index (χ1) is 15.1. The van der Waals surface area contributed by atoms with Crippen LogP contribution in [0.1, 0.15) is 18.1 Å². The molecular weight excluding hydrogens is 392 g/mol. The van der Waals surface area contributed by atoms with Crippen molar-refractivity contribution in [3.63, 3.8) is 0 Å². The van der Waals surface area contributed by atoms with Crippen LogP contribution in [0.4, 0.5) is 5.69 Å². The molecule has 0 atom stereocenters. The summed E-state index contributed by atoms with van der Waals surface area (Å²) in [7, 11) is 5.25. The van der Waals surface area contributed by atoms with Crippen molar-refractivity contribution in [2.45, 2.75) is 19.8 Å². The lowest BCUT2D eigenvalue weighted by Gasteiger charge is -2.23. The molecule has 1 amide bonds. The van der Waals surface area contributed by atoms with Gasteiger partial charge in [-0.05, 0) is 49.1 Å². The molecule has 0 radical (unpaired) electrons. The second-order valence-corrected chi connectivity index (χ2v) is 7.46. The highest BCUT2D eigenvalue weighted by Crippen LogP contribution is 2.28. The van der Waals surface area contributed by atoms with Gasteiger partial charge in [0.25, 0.3) is 0 Å². The number of rotatable bonds is 8. The molecule has 0 aliphatic carbocycles. The molecule has 1 heterocycles. The first-order valence-electron chi connectivity index (χ1n) is 10.7. The Bertz CT molecular complexity index is 929. The average Bonchev–Trinajstić information content (AvgIpc) is 3.24. The zero-order valence-electron chi connectivity index (χ0n) is 18.9. The minimum Gasteiger partial charge on any atom is -0.493 e. The van der Waals surface area contributed by atoms with E-state index in [-0.39, 0.29) is 12.5 Å². The summed E-state index contributed by atoms with van der Waals surface area (Å²) in [6.07, 6.45) is 1.71. The van der Waals surface area contributed by atoms with Crippen molar-refractivity contribution in [2.24, 2.45) is 4.99 Å². The van der Waals surface area contributed by atoms with Crippen molar-refractivity contribution in [3.8, 4) is 11.5 Å². The normalized spacial score (nSPS) is 13.0. The summed E-state index contributed by atoms with van der Waals surface area (Å²) in [5, 5.41) is 3.29. The zero-order chi connectivity index (χ0) is 22.2. The predicted molar refractivity (Wildman–Crippen MR) is 124 cm³/mol. The summed E-state index contributed by atoms with van der Waals surface area (Å²) < 4.78 is 10.7. The molecular formula is C24H32N4O3. The molecule has 1 aliphatic heterocycles. The number of fused-ring (bicyclic) bond motifs is 1. The third kappa shape index (κ3) is 5.48. The molecule has 2 aromatic carbocycles. The lowest BCUT2D eigenvalue weighted by molar-refractivity contribution is -0.117.